The van der Waals surface area contributed by atoms with E-state index in [2.05, 4.69) is 48.5 Å². The fraction of sp³-hybridized carbons (Fsp3) is 0. The second kappa shape index (κ2) is 6.55. The zero-order valence-electron chi connectivity index (χ0n) is 11.7. The van der Waals surface area contributed by atoms with Gasteiger partial charge in [-0.2, -0.15) is 0 Å². The van der Waals surface area contributed by atoms with Gasteiger partial charge < -0.3 is 0 Å². The van der Waals surface area contributed by atoms with E-state index in [-0.39, 0.29) is 5.82 Å². The van der Waals surface area contributed by atoms with Gasteiger partial charge in [-0.05, 0) is 12.1 Å². The molecule has 0 aliphatic heterocycles. The van der Waals surface area contributed by atoms with Crippen LogP contribution in [0.15, 0.2) is 84.9 Å². The molecule has 0 unspecified atom stereocenters. The van der Waals surface area contributed by atoms with Crippen LogP contribution in [-0.2, 0) is 0 Å². The van der Waals surface area contributed by atoms with Crippen LogP contribution in [0.5, 0.6) is 0 Å². The van der Waals surface area contributed by atoms with Crippen LogP contribution in [0.25, 0.3) is 0 Å². The first-order valence-electron chi connectivity index (χ1n) is 7.17. The third kappa shape index (κ3) is 3.50. The van der Waals surface area contributed by atoms with Crippen molar-refractivity contribution in [1.82, 2.24) is 0 Å². The first-order valence-corrected chi connectivity index (χ1v) is 9.14. The first kappa shape index (κ1) is 13.8. The highest BCUT2D eigenvalue weighted by Gasteiger charge is 2.18. The summed E-state index contributed by atoms with van der Waals surface area (Å²) in [5.74, 6) is -0.152. The maximum atomic E-state index is 13.4. The van der Waals surface area contributed by atoms with Crippen LogP contribution in [0.2, 0.25) is 0 Å². The summed E-state index contributed by atoms with van der Waals surface area (Å²) in [6.45, 7) is 0.936. The van der Waals surface area contributed by atoms with Gasteiger partial charge >= 0.3 is 0 Å². The molecule has 3 rings (SSSR count). The molecule has 0 aliphatic rings. The molecule has 0 saturated carbocycles. The summed E-state index contributed by atoms with van der Waals surface area (Å²) >= 11 is 0. The second-order valence-electron chi connectivity index (χ2n) is 5.21. The normalized spacial score (nSPS) is 10.6. The van der Waals surface area contributed by atoms with E-state index in [0.717, 1.165) is 12.3 Å². The summed E-state index contributed by atoms with van der Waals surface area (Å²) < 4.78 is 13.4. The summed E-state index contributed by atoms with van der Waals surface area (Å²) in [6, 6.07) is 28.2. The van der Waals surface area contributed by atoms with E-state index in [9.17, 15) is 4.39 Å². The van der Waals surface area contributed by atoms with Gasteiger partial charge in [-0.3, -0.25) is 0 Å². The van der Waals surface area contributed by atoms with Gasteiger partial charge in [-0.15, -0.1) is 0 Å². The van der Waals surface area contributed by atoms with Gasteiger partial charge in [-0.25, -0.2) is 4.39 Å². The van der Waals surface area contributed by atoms with E-state index < -0.39 is 8.67 Å². The highest BCUT2D eigenvalue weighted by molar-refractivity contribution is 7.29. The molecule has 0 nitrogen and oxygen atoms in total. The highest BCUT2D eigenvalue weighted by atomic mass is 28.3. The molecule has 0 radical (unpaired) electrons. The van der Waals surface area contributed by atoms with E-state index in [4.69, 9.17) is 0 Å². The van der Waals surface area contributed by atoms with Crippen molar-refractivity contribution in [2.75, 3.05) is 0 Å². The van der Waals surface area contributed by atoms with Crippen molar-refractivity contribution in [3.8, 4) is 0 Å². The molecule has 21 heavy (non-hydrogen) atoms. The summed E-state index contributed by atoms with van der Waals surface area (Å²) in [7, 11) is -1.36. The van der Waals surface area contributed by atoms with Gasteiger partial charge in [0, 0.05) is 0 Å². The Bertz CT molecular complexity index is 661. The minimum Gasteiger partial charge on any atom is -0.207 e. The van der Waals surface area contributed by atoms with Crippen molar-refractivity contribution in [3.63, 3.8) is 0 Å². The topological polar surface area (TPSA) is 0 Å². The van der Waals surface area contributed by atoms with Crippen molar-refractivity contribution in [1.29, 1.82) is 0 Å². The van der Waals surface area contributed by atoms with Crippen LogP contribution in [-0.4, -0.2) is 15.5 Å². The standard InChI is InChI=1S/C18H16BFSi/c20-16-9-7-8-15(14-16)19-21(17-10-3-1-4-11-17)18-12-5-2-6-13-18/h1-14,19,21H. The Hall–Kier alpha value is -2.13. The monoisotopic (exact) mass is 290 g/mol. The number of halogens is 1. The maximum Gasteiger partial charge on any atom is 0.159 e. The molecule has 0 saturated heterocycles. The molecule has 0 aliphatic carbocycles. The minimum atomic E-state index is -1.36. The smallest absolute Gasteiger partial charge is 0.159 e. The quantitative estimate of drug-likeness (QED) is 0.638. The van der Waals surface area contributed by atoms with Gasteiger partial charge in [-0.1, -0.05) is 88.6 Å². The van der Waals surface area contributed by atoms with Crippen LogP contribution in [0.4, 0.5) is 4.39 Å². The lowest BCUT2D eigenvalue weighted by atomic mass is 9.94. The van der Waals surface area contributed by atoms with E-state index in [1.165, 1.54) is 16.4 Å². The summed E-state index contributed by atoms with van der Waals surface area (Å²) in [5.41, 5.74) is 1.08. The van der Waals surface area contributed by atoms with E-state index in [1.54, 1.807) is 12.1 Å². The average Bonchev–Trinajstić information content (AvgIpc) is 2.54. The van der Waals surface area contributed by atoms with Gasteiger partial charge in [0.1, 0.15) is 5.82 Å². The molecular weight excluding hydrogens is 274 g/mol. The summed E-state index contributed by atoms with van der Waals surface area (Å²) in [5, 5.41) is 2.79. The summed E-state index contributed by atoms with van der Waals surface area (Å²) in [4.78, 5) is 0. The van der Waals surface area contributed by atoms with Gasteiger partial charge in [0.2, 0.25) is 0 Å². The average molecular weight is 290 g/mol. The predicted octanol–water partition coefficient (Wildman–Crippen LogP) is 1.43. The second-order valence-corrected chi connectivity index (χ2v) is 8.05. The number of rotatable bonds is 4. The van der Waals surface area contributed by atoms with Crippen LogP contribution in [0.1, 0.15) is 0 Å². The Morgan fingerprint density at radius 3 is 1.76 bits per heavy atom. The Morgan fingerprint density at radius 2 is 1.24 bits per heavy atom. The number of hydrogen-bond acceptors (Lipinski definition) is 0. The molecule has 102 valence electrons. The third-order valence-corrected chi connectivity index (χ3v) is 6.99. The van der Waals surface area contributed by atoms with Crippen molar-refractivity contribution in [3.05, 3.63) is 90.7 Å². The van der Waals surface area contributed by atoms with Crippen LogP contribution in [0.3, 0.4) is 0 Å². The molecule has 0 bridgehead atoms. The molecule has 0 N–H and O–H groups in total. The van der Waals surface area contributed by atoms with Crippen LogP contribution >= 0.6 is 0 Å². The van der Waals surface area contributed by atoms with Crippen LogP contribution < -0.4 is 15.8 Å². The van der Waals surface area contributed by atoms with Gasteiger partial charge in [0.25, 0.3) is 0 Å². The Balaban J connectivity index is 1.97. The van der Waals surface area contributed by atoms with E-state index in [1.807, 2.05) is 18.2 Å². The van der Waals surface area contributed by atoms with Gasteiger partial charge in [0.05, 0.1) is 8.67 Å². The number of hydrogen-bond donors (Lipinski definition) is 0. The fourth-order valence-electron chi connectivity index (χ4n) is 2.70. The number of benzene rings is 3. The molecule has 0 spiro atoms. The lowest BCUT2D eigenvalue weighted by Gasteiger charge is -2.15. The maximum absolute atomic E-state index is 13.4. The Morgan fingerprint density at radius 1 is 0.667 bits per heavy atom. The molecule has 0 amide bonds. The van der Waals surface area contributed by atoms with Crippen LogP contribution in [0, 0.1) is 5.82 Å². The van der Waals surface area contributed by atoms with E-state index in [0.29, 0.717) is 0 Å². The van der Waals surface area contributed by atoms with Crippen molar-refractivity contribution in [2.24, 2.45) is 0 Å². The predicted molar refractivity (Wildman–Crippen MR) is 92.5 cm³/mol. The first-order chi connectivity index (χ1) is 10.3. The SMILES string of the molecule is Fc1cccc(B[SiH](c2ccccc2)c2ccccc2)c1. The Labute approximate surface area is 127 Å². The third-order valence-electron chi connectivity index (χ3n) is 3.73. The minimum absolute atomic E-state index is 0.152. The lowest BCUT2D eigenvalue weighted by Crippen LogP contribution is -2.51. The molecule has 3 aromatic rings. The van der Waals surface area contributed by atoms with Crippen molar-refractivity contribution in [2.45, 2.75) is 0 Å². The molecule has 0 fully saturated rings. The molecule has 3 aromatic carbocycles. The van der Waals surface area contributed by atoms with Crippen molar-refractivity contribution >= 4 is 31.4 Å². The molecule has 3 heteroatoms. The van der Waals surface area contributed by atoms with E-state index >= 15 is 0 Å². The molecular formula is C18H16BFSi. The molecule has 0 heterocycles. The molecule has 0 atom stereocenters. The molecule has 0 aromatic heterocycles. The lowest BCUT2D eigenvalue weighted by molar-refractivity contribution is 0.629. The zero-order valence-corrected chi connectivity index (χ0v) is 12.9. The van der Waals surface area contributed by atoms with Crippen molar-refractivity contribution < 1.29 is 4.39 Å². The Kier molecular flexibility index (Phi) is 4.31. The van der Waals surface area contributed by atoms with Gasteiger partial charge in [0.15, 0.2) is 6.87 Å². The largest absolute Gasteiger partial charge is 0.207 e. The zero-order chi connectivity index (χ0) is 14.5. The fourth-order valence-corrected chi connectivity index (χ4v) is 5.65. The highest BCUT2D eigenvalue weighted by Crippen LogP contribution is 1.96. The summed E-state index contributed by atoms with van der Waals surface area (Å²) in [6.07, 6.45) is 0.